The van der Waals surface area contributed by atoms with E-state index in [1.165, 1.54) is 5.56 Å². The molecule has 0 bridgehead atoms. The summed E-state index contributed by atoms with van der Waals surface area (Å²) in [5.41, 5.74) is 3.29. The number of rotatable bonds is 12. The summed E-state index contributed by atoms with van der Waals surface area (Å²) in [5, 5.41) is 3.01. The predicted octanol–water partition coefficient (Wildman–Crippen LogP) is 4.46. The topological polar surface area (TPSA) is 65.4 Å². The van der Waals surface area contributed by atoms with Gasteiger partial charge in [0.2, 0.25) is 5.91 Å². The van der Waals surface area contributed by atoms with Gasteiger partial charge in [-0.3, -0.25) is 4.79 Å². The molecule has 0 aliphatic carbocycles. The number of carbonyl (C=O) groups excluding carboxylic acids is 1. The number of ether oxygens (including phenoxy) is 2. The minimum Gasteiger partial charge on any atom is -0.493 e. The van der Waals surface area contributed by atoms with E-state index in [0.717, 1.165) is 61.3 Å². The van der Waals surface area contributed by atoms with Crippen molar-refractivity contribution in [2.45, 2.75) is 51.2 Å². The SMILES string of the molecule is C=CCc1ccccc1OCCCCn1c(CCNC(=O)C2CCCO2)nc2ccccc21. The van der Waals surface area contributed by atoms with Crippen LogP contribution in [0, 0.1) is 0 Å². The molecule has 4 rings (SSSR count). The average molecular weight is 448 g/mol. The lowest BCUT2D eigenvalue weighted by atomic mass is 10.1. The molecule has 2 aromatic carbocycles. The Morgan fingerprint density at radius 3 is 2.91 bits per heavy atom. The third-order valence-corrected chi connectivity index (χ3v) is 5.97. The summed E-state index contributed by atoms with van der Waals surface area (Å²) in [6.07, 6.45) is 6.81. The van der Waals surface area contributed by atoms with Crippen molar-refractivity contribution in [2.24, 2.45) is 0 Å². The van der Waals surface area contributed by atoms with Crippen molar-refractivity contribution < 1.29 is 14.3 Å². The van der Waals surface area contributed by atoms with Crippen LogP contribution in [0.25, 0.3) is 11.0 Å². The van der Waals surface area contributed by atoms with Crippen molar-refractivity contribution in [1.29, 1.82) is 0 Å². The first kappa shape index (κ1) is 23.1. The number of allylic oxidation sites excluding steroid dienone is 1. The van der Waals surface area contributed by atoms with Crippen molar-refractivity contribution in [3.63, 3.8) is 0 Å². The highest BCUT2D eigenvalue weighted by atomic mass is 16.5. The van der Waals surface area contributed by atoms with Gasteiger partial charge in [0.1, 0.15) is 17.7 Å². The molecule has 1 N–H and O–H groups in total. The third-order valence-electron chi connectivity index (χ3n) is 5.97. The minimum absolute atomic E-state index is 0.0101. The molecular weight excluding hydrogens is 414 g/mol. The Labute approximate surface area is 195 Å². The third kappa shape index (κ3) is 6.02. The van der Waals surface area contributed by atoms with E-state index in [9.17, 15) is 4.79 Å². The van der Waals surface area contributed by atoms with Gasteiger partial charge >= 0.3 is 0 Å². The Balaban J connectivity index is 1.31. The predicted molar refractivity (Wildman–Crippen MR) is 130 cm³/mol. The number of aromatic nitrogens is 2. The zero-order chi connectivity index (χ0) is 22.9. The van der Waals surface area contributed by atoms with Gasteiger partial charge in [0.25, 0.3) is 0 Å². The molecule has 2 heterocycles. The van der Waals surface area contributed by atoms with Gasteiger partial charge in [-0.15, -0.1) is 6.58 Å². The summed E-state index contributed by atoms with van der Waals surface area (Å²) >= 11 is 0. The molecule has 1 aliphatic heterocycles. The fourth-order valence-corrected chi connectivity index (χ4v) is 4.28. The second-order valence-electron chi connectivity index (χ2n) is 8.37. The summed E-state index contributed by atoms with van der Waals surface area (Å²) in [6.45, 7) is 6.61. The Hall–Kier alpha value is -3.12. The number of hydrogen-bond donors (Lipinski definition) is 1. The molecule has 1 saturated heterocycles. The van der Waals surface area contributed by atoms with E-state index in [2.05, 4.69) is 28.6 Å². The second-order valence-corrected chi connectivity index (χ2v) is 8.37. The number of carbonyl (C=O) groups is 1. The molecule has 174 valence electrons. The highest BCUT2D eigenvalue weighted by molar-refractivity contribution is 5.81. The van der Waals surface area contributed by atoms with Crippen LogP contribution in [0.15, 0.2) is 61.2 Å². The maximum atomic E-state index is 12.2. The smallest absolute Gasteiger partial charge is 0.249 e. The molecule has 6 nitrogen and oxygen atoms in total. The van der Waals surface area contributed by atoms with Gasteiger partial charge in [-0.2, -0.15) is 0 Å². The van der Waals surface area contributed by atoms with Crippen molar-refractivity contribution in [2.75, 3.05) is 19.8 Å². The fourth-order valence-electron chi connectivity index (χ4n) is 4.28. The van der Waals surface area contributed by atoms with E-state index < -0.39 is 0 Å². The van der Waals surface area contributed by atoms with Gasteiger partial charge in [-0.05, 0) is 55.9 Å². The molecule has 0 saturated carbocycles. The number of imidazole rings is 1. The molecule has 3 aromatic rings. The zero-order valence-corrected chi connectivity index (χ0v) is 19.2. The molecule has 1 aliphatic rings. The highest BCUT2D eigenvalue weighted by Crippen LogP contribution is 2.20. The molecule has 6 heteroatoms. The second kappa shape index (κ2) is 11.7. The summed E-state index contributed by atoms with van der Waals surface area (Å²) in [5.74, 6) is 1.93. The van der Waals surface area contributed by atoms with E-state index >= 15 is 0 Å². The Kier molecular flexibility index (Phi) is 8.14. The van der Waals surface area contributed by atoms with Gasteiger partial charge in [-0.25, -0.2) is 4.98 Å². The van der Waals surface area contributed by atoms with Crippen LogP contribution in [0.1, 0.15) is 37.1 Å². The van der Waals surface area contributed by atoms with Gasteiger partial charge < -0.3 is 19.4 Å². The number of nitrogens with one attached hydrogen (secondary N) is 1. The van der Waals surface area contributed by atoms with Crippen molar-refractivity contribution >= 4 is 16.9 Å². The van der Waals surface area contributed by atoms with Gasteiger partial charge in [-0.1, -0.05) is 36.4 Å². The number of hydrogen-bond acceptors (Lipinski definition) is 4. The number of amides is 1. The van der Waals surface area contributed by atoms with Crippen molar-refractivity contribution in [3.8, 4) is 5.75 Å². The van der Waals surface area contributed by atoms with Crippen LogP contribution in [0.4, 0.5) is 0 Å². The molecule has 0 spiro atoms. The van der Waals surface area contributed by atoms with E-state index in [-0.39, 0.29) is 12.0 Å². The molecule has 0 radical (unpaired) electrons. The fraction of sp³-hybridized carbons (Fsp3) is 0.407. The lowest BCUT2D eigenvalue weighted by molar-refractivity contribution is -0.130. The number of aryl methyl sites for hydroxylation is 1. The number of unbranched alkanes of at least 4 members (excludes halogenated alkanes) is 1. The molecule has 1 amide bonds. The maximum Gasteiger partial charge on any atom is 0.249 e. The number of para-hydroxylation sites is 3. The molecule has 1 fully saturated rings. The van der Waals surface area contributed by atoms with Crippen molar-refractivity contribution in [1.82, 2.24) is 14.9 Å². The normalized spacial score (nSPS) is 15.6. The molecule has 1 atom stereocenters. The average Bonchev–Trinajstić information content (AvgIpc) is 3.49. The molecule has 33 heavy (non-hydrogen) atoms. The first-order valence-corrected chi connectivity index (χ1v) is 11.9. The minimum atomic E-state index is -0.291. The van der Waals surface area contributed by atoms with Crippen LogP contribution in [-0.4, -0.2) is 41.3 Å². The van der Waals surface area contributed by atoms with E-state index in [1.807, 2.05) is 42.5 Å². The largest absolute Gasteiger partial charge is 0.493 e. The maximum absolute atomic E-state index is 12.2. The molecule has 1 unspecified atom stereocenters. The summed E-state index contributed by atoms with van der Waals surface area (Å²) < 4.78 is 13.8. The van der Waals surface area contributed by atoms with E-state index in [0.29, 0.717) is 26.2 Å². The zero-order valence-electron chi connectivity index (χ0n) is 19.2. The number of fused-ring (bicyclic) bond motifs is 1. The van der Waals surface area contributed by atoms with Crippen LogP contribution in [0.3, 0.4) is 0 Å². The van der Waals surface area contributed by atoms with Crippen molar-refractivity contribution in [3.05, 3.63) is 72.6 Å². The van der Waals surface area contributed by atoms with Gasteiger partial charge in [0.15, 0.2) is 0 Å². The Morgan fingerprint density at radius 2 is 2.06 bits per heavy atom. The van der Waals surface area contributed by atoms with Gasteiger partial charge in [0.05, 0.1) is 17.6 Å². The molecular formula is C27H33N3O3. The first-order chi connectivity index (χ1) is 16.3. The summed E-state index contributed by atoms with van der Waals surface area (Å²) in [6, 6.07) is 16.3. The van der Waals surface area contributed by atoms with E-state index in [4.69, 9.17) is 14.5 Å². The van der Waals surface area contributed by atoms with Crippen LogP contribution in [0.5, 0.6) is 5.75 Å². The summed E-state index contributed by atoms with van der Waals surface area (Å²) in [7, 11) is 0. The van der Waals surface area contributed by atoms with Crippen LogP contribution < -0.4 is 10.1 Å². The number of benzene rings is 2. The van der Waals surface area contributed by atoms with Crippen LogP contribution in [-0.2, 0) is 28.9 Å². The monoisotopic (exact) mass is 447 g/mol. The highest BCUT2D eigenvalue weighted by Gasteiger charge is 2.23. The number of nitrogens with zero attached hydrogens (tertiary/aromatic N) is 2. The Morgan fingerprint density at radius 1 is 1.21 bits per heavy atom. The first-order valence-electron chi connectivity index (χ1n) is 11.9. The lowest BCUT2D eigenvalue weighted by Crippen LogP contribution is -2.35. The van der Waals surface area contributed by atoms with E-state index in [1.54, 1.807) is 0 Å². The quantitative estimate of drug-likeness (QED) is 0.329. The standard InChI is InChI=1S/C27H33N3O3/c1-2-10-21-11-3-6-14-24(21)32-19-8-7-18-30-23-13-5-4-12-22(23)29-26(30)16-17-28-27(31)25-15-9-20-33-25/h2-6,11-14,25H,1,7-10,15-20H2,(H,28,31). The van der Waals surface area contributed by atoms with Crippen LogP contribution in [0.2, 0.25) is 0 Å². The van der Waals surface area contributed by atoms with Crippen LogP contribution >= 0.6 is 0 Å². The van der Waals surface area contributed by atoms with Gasteiger partial charge in [0, 0.05) is 26.1 Å². The lowest BCUT2D eigenvalue weighted by Gasteiger charge is -2.13. The Bertz CT molecular complexity index is 1070. The molecule has 1 aromatic heterocycles. The summed E-state index contributed by atoms with van der Waals surface area (Å²) in [4.78, 5) is 17.1.